The standard InChI is InChI=1S/C11H13NOS/c1-2-11(13)12-7-4-3-5-10-9(12)6-8-14-10/h2,6,8H,1,3-5,7H2. The highest BCUT2D eigenvalue weighted by atomic mass is 32.1. The summed E-state index contributed by atoms with van der Waals surface area (Å²) in [4.78, 5) is 14.8. The number of carbonyl (C=O) groups is 1. The van der Waals surface area contributed by atoms with Crippen molar-refractivity contribution in [2.45, 2.75) is 19.3 Å². The van der Waals surface area contributed by atoms with Crippen molar-refractivity contribution in [3.8, 4) is 0 Å². The highest BCUT2D eigenvalue weighted by Gasteiger charge is 2.19. The van der Waals surface area contributed by atoms with Crippen molar-refractivity contribution in [2.24, 2.45) is 0 Å². The predicted molar refractivity (Wildman–Crippen MR) is 59.8 cm³/mol. The molecule has 2 rings (SSSR count). The number of thiophene rings is 1. The first-order chi connectivity index (χ1) is 6.83. The molecule has 0 spiro atoms. The van der Waals surface area contributed by atoms with Gasteiger partial charge >= 0.3 is 0 Å². The monoisotopic (exact) mass is 207 g/mol. The molecule has 1 aromatic rings. The zero-order valence-electron chi connectivity index (χ0n) is 8.03. The molecule has 1 amide bonds. The number of nitrogens with zero attached hydrogens (tertiary/aromatic N) is 1. The van der Waals surface area contributed by atoms with Gasteiger partial charge in [-0.15, -0.1) is 11.3 Å². The summed E-state index contributed by atoms with van der Waals surface area (Å²) < 4.78 is 0. The van der Waals surface area contributed by atoms with Gasteiger partial charge in [0.05, 0.1) is 5.69 Å². The number of amides is 1. The molecular formula is C11H13NOS. The van der Waals surface area contributed by atoms with Crippen LogP contribution >= 0.6 is 11.3 Å². The molecule has 0 fully saturated rings. The number of hydrogen-bond donors (Lipinski definition) is 0. The van der Waals surface area contributed by atoms with Crippen LogP contribution in [0.25, 0.3) is 0 Å². The van der Waals surface area contributed by atoms with Gasteiger partial charge in [0.2, 0.25) is 5.91 Å². The zero-order chi connectivity index (χ0) is 9.97. The molecule has 1 aliphatic rings. The first kappa shape index (κ1) is 9.46. The molecule has 3 heteroatoms. The van der Waals surface area contributed by atoms with E-state index in [-0.39, 0.29) is 5.91 Å². The van der Waals surface area contributed by atoms with E-state index in [0.29, 0.717) is 0 Å². The Morgan fingerprint density at radius 3 is 3.21 bits per heavy atom. The van der Waals surface area contributed by atoms with Crippen LogP contribution in [0.3, 0.4) is 0 Å². The summed E-state index contributed by atoms with van der Waals surface area (Å²) in [5, 5.41) is 2.05. The number of anilines is 1. The lowest BCUT2D eigenvalue weighted by Crippen LogP contribution is -2.29. The minimum atomic E-state index is 0.0200. The van der Waals surface area contributed by atoms with Crippen molar-refractivity contribution in [3.05, 3.63) is 29.0 Å². The Kier molecular flexibility index (Phi) is 2.68. The first-order valence-electron chi connectivity index (χ1n) is 4.83. The van der Waals surface area contributed by atoms with Crippen LogP contribution in [0, 0.1) is 0 Å². The Hall–Kier alpha value is -1.09. The van der Waals surface area contributed by atoms with E-state index in [9.17, 15) is 4.79 Å². The minimum Gasteiger partial charge on any atom is -0.308 e. The highest BCUT2D eigenvalue weighted by Crippen LogP contribution is 2.30. The number of carbonyl (C=O) groups excluding carboxylic acids is 1. The van der Waals surface area contributed by atoms with Crippen LogP contribution in [-0.2, 0) is 11.2 Å². The van der Waals surface area contributed by atoms with Gasteiger partial charge in [-0.25, -0.2) is 0 Å². The number of aryl methyl sites for hydroxylation is 1. The van der Waals surface area contributed by atoms with Crippen LogP contribution in [0.2, 0.25) is 0 Å². The van der Waals surface area contributed by atoms with Gasteiger partial charge in [-0.2, -0.15) is 0 Å². The summed E-state index contributed by atoms with van der Waals surface area (Å²) >= 11 is 1.74. The second-order valence-electron chi connectivity index (χ2n) is 3.38. The number of rotatable bonds is 1. The molecule has 0 radical (unpaired) electrons. The predicted octanol–water partition coefficient (Wildman–Crippen LogP) is 2.60. The highest BCUT2D eigenvalue weighted by molar-refractivity contribution is 7.10. The molecule has 0 aromatic carbocycles. The molecule has 0 N–H and O–H groups in total. The van der Waals surface area contributed by atoms with Gasteiger partial charge in [-0.1, -0.05) is 6.58 Å². The normalized spacial score (nSPS) is 15.9. The van der Waals surface area contributed by atoms with Crippen LogP contribution in [0.15, 0.2) is 24.1 Å². The van der Waals surface area contributed by atoms with Crippen LogP contribution in [0.1, 0.15) is 17.7 Å². The maximum Gasteiger partial charge on any atom is 0.250 e. The van der Waals surface area contributed by atoms with Crippen LogP contribution in [0.5, 0.6) is 0 Å². The Bertz CT molecular complexity index is 356. The second-order valence-corrected chi connectivity index (χ2v) is 4.38. The van der Waals surface area contributed by atoms with E-state index in [1.165, 1.54) is 17.4 Å². The van der Waals surface area contributed by atoms with Crippen molar-refractivity contribution in [2.75, 3.05) is 11.4 Å². The summed E-state index contributed by atoms with van der Waals surface area (Å²) in [7, 11) is 0. The van der Waals surface area contributed by atoms with E-state index in [1.807, 2.05) is 11.0 Å². The lowest BCUT2D eigenvalue weighted by atomic mass is 10.2. The number of fused-ring (bicyclic) bond motifs is 1. The summed E-state index contributed by atoms with van der Waals surface area (Å²) in [6.07, 6.45) is 4.76. The first-order valence-corrected chi connectivity index (χ1v) is 5.71. The fourth-order valence-electron chi connectivity index (χ4n) is 1.78. The molecule has 2 heterocycles. The largest absolute Gasteiger partial charge is 0.308 e. The van der Waals surface area contributed by atoms with Crippen molar-refractivity contribution in [1.29, 1.82) is 0 Å². The smallest absolute Gasteiger partial charge is 0.250 e. The summed E-state index contributed by atoms with van der Waals surface area (Å²) in [5.74, 6) is 0.0200. The van der Waals surface area contributed by atoms with E-state index in [1.54, 1.807) is 11.3 Å². The maximum atomic E-state index is 11.6. The zero-order valence-corrected chi connectivity index (χ0v) is 8.85. The van der Waals surface area contributed by atoms with Gasteiger partial charge in [0, 0.05) is 11.4 Å². The third kappa shape index (κ3) is 1.60. The second kappa shape index (κ2) is 3.96. The molecule has 0 saturated carbocycles. The summed E-state index contributed by atoms with van der Waals surface area (Å²) in [6, 6.07) is 2.03. The fourth-order valence-corrected chi connectivity index (χ4v) is 2.70. The number of hydrogen-bond acceptors (Lipinski definition) is 2. The van der Waals surface area contributed by atoms with Gasteiger partial charge < -0.3 is 4.90 Å². The Morgan fingerprint density at radius 2 is 2.43 bits per heavy atom. The molecule has 1 aliphatic heterocycles. The molecule has 0 aliphatic carbocycles. The summed E-state index contributed by atoms with van der Waals surface area (Å²) in [5.41, 5.74) is 1.09. The fraction of sp³-hybridized carbons (Fsp3) is 0.364. The minimum absolute atomic E-state index is 0.0200. The third-order valence-electron chi connectivity index (χ3n) is 2.49. The average molecular weight is 207 g/mol. The quantitative estimate of drug-likeness (QED) is 0.648. The molecular weight excluding hydrogens is 194 g/mol. The lowest BCUT2D eigenvalue weighted by Gasteiger charge is -2.18. The molecule has 1 aromatic heterocycles. The Balaban J connectivity index is 2.35. The molecule has 14 heavy (non-hydrogen) atoms. The molecule has 0 unspecified atom stereocenters. The molecule has 2 nitrogen and oxygen atoms in total. The van der Waals surface area contributed by atoms with E-state index < -0.39 is 0 Å². The van der Waals surface area contributed by atoms with Crippen LogP contribution in [0.4, 0.5) is 5.69 Å². The topological polar surface area (TPSA) is 20.3 Å². The van der Waals surface area contributed by atoms with Crippen molar-refractivity contribution in [1.82, 2.24) is 0 Å². The van der Waals surface area contributed by atoms with Crippen molar-refractivity contribution >= 4 is 22.9 Å². The summed E-state index contributed by atoms with van der Waals surface area (Å²) in [6.45, 7) is 4.36. The van der Waals surface area contributed by atoms with Gasteiger partial charge in [-0.05, 0) is 36.8 Å². The van der Waals surface area contributed by atoms with E-state index >= 15 is 0 Å². The van der Waals surface area contributed by atoms with Crippen LogP contribution < -0.4 is 4.90 Å². The maximum absolute atomic E-state index is 11.6. The van der Waals surface area contributed by atoms with Gasteiger partial charge in [-0.3, -0.25) is 4.79 Å². The van der Waals surface area contributed by atoms with E-state index in [4.69, 9.17) is 0 Å². The molecule has 74 valence electrons. The van der Waals surface area contributed by atoms with Gasteiger partial charge in [0.25, 0.3) is 0 Å². The molecule has 0 saturated heterocycles. The molecule has 0 bridgehead atoms. The van der Waals surface area contributed by atoms with Gasteiger partial charge in [0.1, 0.15) is 0 Å². The lowest BCUT2D eigenvalue weighted by molar-refractivity contribution is -0.114. The third-order valence-corrected chi connectivity index (χ3v) is 3.46. The van der Waals surface area contributed by atoms with Crippen LogP contribution in [-0.4, -0.2) is 12.5 Å². The van der Waals surface area contributed by atoms with Crippen molar-refractivity contribution in [3.63, 3.8) is 0 Å². The Labute approximate surface area is 87.9 Å². The van der Waals surface area contributed by atoms with Crippen molar-refractivity contribution < 1.29 is 4.79 Å². The molecule has 0 atom stereocenters. The van der Waals surface area contributed by atoms with E-state index in [2.05, 4.69) is 12.0 Å². The van der Waals surface area contributed by atoms with E-state index in [0.717, 1.165) is 25.1 Å². The Morgan fingerprint density at radius 1 is 1.57 bits per heavy atom. The van der Waals surface area contributed by atoms with Gasteiger partial charge in [0.15, 0.2) is 0 Å². The SMILES string of the molecule is C=CC(=O)N1CCCCc2sccc21. The average Bonchev–Trinajstić information content (AvgIpc) is 2.57.